The van der Waals surface area contributed by atoms with Gasteiger partial charge in [0.15, 0.2) is 6.61 Å². The fourth-order valence-electron chi connectivity index (χ4n) is 2.32. The number of hydrogen-bond donors (Lipinski definition) is 1. The summed E-state index contributed by atoms with van der Waals surface area (Å²) >= 11 is 9.40. The summed E-state index contributed by atoms with van der Waals surface area (Å²) in [6.45, 7) is 1.44. The highest BCUT2D eigenvalue weighted by atomic mass is 79.9. The van der Waals surface area contributed by atoms with Crippen LogP contribution in [0.15, 0.2) is 53.0 Å². The van der Waals surface area contributed by atoms with Gasteiger partial charge in [-0.15, -0.1) is 0 Å². The van der Waals surface area contributed by atoms with E-state index in [2.05, 4.69) is 21.2 Å². The minimum absolute atomic E-state index is 0.257. The van der Waals surface area contributed by atoms with Gasteiger partial charge in [0.05, 0.1) is 10.6 Å². The number of amides is 2. The smallest absolute Gasteiger partial charge is 0.328 e. The van der Waals surface area contributed by atoms with E-state index in [-0.39, 0.29) is 16.5 Å². The molecule has 0 aliphatic heterocycles. The van der Waals surface area contributed by atoms with Crippen molar-refractivity contribution in [2.24, 2.45) is 0 Å². The Morgan fingerprint density at radius 2 is 1.79 bits per heavy atom. The second-order valence-electron chi connectivity index (χ2n) is 6.12. The van der Waals surface area contributed by atoms with Crippen LogP contribution in [0.25, 0.3) is 0 Å². The lowest BCUT2D eigenvalue weighted by Crippen LogP contribution is -2.41. The van der Waals surface area contributed by atoms with Gasteiger partial charge in [0.25, 0.3) is 11.8 Å². The average Bonchev–Trinajstić information content (AvgIpc) is 2.67. The number of likely N-dealkylation sites (N-methyl/N-ethyl adjacent to an activating group) is 1. The summed E-state index contributed by atoms with van der Waals surface area (Å²) in [5, 5.41) is 2.79. The molecule has 0 saturated heterocycles. The highest BCUT2D eigenvalue weighted by Gasteiger charge is 2.21. The van der Waals surface area contributed by atoms with Crippen molar-refractivity contribution in [1.29, 1.82) is 0 Å². The van der Waals surface area contributed by atoms with Crippen molar-refractivity contribution in [2.75, 3.05) is 13.7 Å². The van der Waals surface area contributed by atoms with E-state index in [0.717, 1.165) is 10.0 Å². The van der Waals surface area contributed by atoms with Crippen LogP contribution in [0.2, 0.25) is 5.02 Å². The molecule has 6 nitrogen and oxygen atoms in total. The summed E-state index contributed by atoms with van der Waals surface area (Å²) in [6, 6.07) is 13.1. The fourth-order valence-corrected chi connectivity index (χ4v) is 2.95. The third-order valence-electron chi connectivity index (χ3n) is 3.95. The molecule has 0 spiro atoms. The van der Waals surface area contributed by atoms with Gasteiger partial charge >= 0.3 is 5.97 Å². The van der Waals surface area contributed by atoms with Crippen molar-refractivity contribution >= 4 is 45.3 Å². The highest BCUT2D eigenvalue weighted by Crippen LogP contribution is 2.17. The molecule has 2 amide bonds. The third kappa shape index (κ3) is 6.07. The summed E-state index contributed by atoms with van der Waals surface area (Å²) in [4.78, 5) is 37.9. The lowest BCUT2D eigenvalue weighted by Gasteiger charge is -2.19. The van der Waals surface area contributed by atoms with Gasteiger partial charge in [-0.25, -0.2) is 4.79 Å². The SMILES string of the molecule is CC(NC(=O)c1ccccc1Cl)C(=O)OCC(=O)N(C)Cc1ccccc1Br. The Bertz CT molecular complexity index is 875. The number of esters is 1. The largest absolute Gasteiger partial charge is 0.454 e. The van der Waals surface area contributed by atoms with E-state index in [9.17, 15) is 14.4 Å². The summed E-state index contributed by atoms with van der Waals surface area (Å²) in [7, 11) is 1.62. The van der Waals surface area contributed by atoms with E-state index in [4.69, 9.17) is 16.3 Å². The minimum Gasteiger partial charge on any atom is -0.454 e. The molecule has 0 saturated carbocycles. The van der Waals surface area contributed by atoms with E-state index in [1.54, 1.807) is 31.3 Å². The van der Waals surface area contributed by atoms with E-state index in [1.807, 2.05) is 24.3 Å². The third-order valence-corrected chi connectivity index (χ3v) is 5.05. The average molecular weight is 468 g/mol. The van der Waals surface area contributed by atoms with Crippen LogP contribution in [0.5, 0.6) is 0 Å². The quantitative estimate of drug-likeness (QED) is 0.633. The van der Waals surface area contributed by atoms with Crippen LogP contribution in [-0.4, -0.2) is 42.4 Å². The molecule has 0 aliphatic carbocycles. The topological polar surface area (TPSA) is 75.7 Å². The van der Waals surface area contributed by atoms with Crippen molar-refractivity contribution in [3.8, 4) is 0 Å². The Kier molecular flexibility index (Phi) is 8.02. The molecule has 0 heterocycles. The minimum atomic E-state index is -0.926. The van der Waals surface area contributed by atoms with Gasteiger partial charge in [0, 0.05) is 18.1 Å². The fraction of sp³-hybridized carbons (Fsp3) is 0.250. The molecule has 1 atom stereocenters. The Morgan fingerprint density at radius 3 is 2.46 bits per heavy atom. The Balaban J connectivity index is 1.83. The molecule has 1 N–H and O–H groups in total. The molecule has 2 rings (SSSR count). The molecule has 148 valence electrons. The Morgan fingerprint density at radius 1 is 1.14 bits per heavy atom. The standard InChI is InChI=1S/C20H20BrClN2O4/c1-13(23-19(26)15-8-4-6-10-17(15)22)20(27)28-12-18(25)24(2)11-14-7-3-5-9-16(14)21/h3-10,13H,11-12H2,1-2H3,(H,23,26). The first-order chi connectivity index (χ1) is 13.3. The van der Waals surface area contributed by atoms with Crippen molar-refractivity contribution in [1.82, 2.24) is 10.2 Å². The number of hydrogen-bond acceptors (Lipinski definition) is 4. The second-order valence-corrected chi connectivity index (χ2v) is 7.39. The van der Waals surface area contributed by atoms with Gasteiger partial charge in [-0.2, -0.15) is 0 Å². The highest BCUT2D eigenvalue weighted by molar-refractivity contribution is 9.10. The van der Waals surface area contributed by atoms with Gasteiger partial charge < -0.3 is 15.0 Å². The van der Waals surface area contributed by atoms with Crippen LogP contribution >= 0.6 is 27.5 Å². The van der Waals surface area contributed by atoms with Crippen LogP contribution in [0, 0.1) is 0 Å². The maximum absolute atomic E-state index is 12.2. The van der Waals surface area contributed by atoms with Crippen LogP contribution in [0.4, 0.5) is 0 Å². The number of ether oxygens (including phenoxy) is 1. The van der Waals surface area contributed by atoms with E-state index < -0.39 is 24.5 Å². The molecule has 0 fully saturated rings. The number of carbonyl (C=O) groups excluding carboxylic acids is 3. The van der Waals surface area contributed by atoms with Gasteiger partial charge in [-0.1, -0.05) is 57.9 Å². The molecule has 8 heteroatoms. The molecule has 0 aliphatic rings. The molecule has 2 aromatic carbocycles. The lowest BCUT2D eigenvalue weighted by atomic mass is 10.2. The monoisotopic (exact) mass is 466 g/mol. The number of nitrogens with zero attached hydrogens (tertiary/aromatic N) is 1. The predicted molar refractivity (Wildman–Crippen MR) is 110 cm³/mol. The summed E-state index contributed by atoms with van der Waals surface area (Å²) in [6.07, 6.45) is 0. The van der Waals surface area contributed by atoms with E-state index in [0.29, 0.717) is 6.54 Å². The van der Waals surface area contributed by atoms with E-state index >= 15 is 0 Å². The number of carbonyl (C=O) groups is 3. The first-order valence-corrected chi connectivity index (χ1v) is 9.66. The molecule has 2 aromatic rings. The van der Waals surface area contributed by atoms with E-state index in [1.165, 1.54) is 11.8 Å². The normalized spacial score (nSPS) is 11.4. The summed E-state index contributed by atoms with van der Waals surface area (Å²) < 4.78 is 5.92. The molecule has 0 bridgehead atoms. The van der Waals surface area contributed by atoms with Gasteiger partial charge in [-0.3, -0.25) is 9.59 Å². The zero-order valence-corrected chi connectivity index (χ0v) is 17.8. The van der Waals surface area contributed by atoms with Gasteiger partial charge in [-0.05, 0) is 30.7 Å². The van der Waals surface area contributed by atoms with Crippen LogP contribution < -0.4 is 5.32 Å². The van der Waals surface area contributed by atoms with Crippen LogP contribution in [0.1, 0.15) is 22.8 Å². The number of nitrogens with one attached hydrogen (secondary N) is 1. The zero-order valence-electron chi connectivity index (χ0n) is 15.4. The first kappa shape index (κ1) is 21.9. The van der Waals surface area contributed by atoms with Gasteiger partial charge in [0.2, 0.25) is 0 Å². The number of rotatable bonds is 7. The van der Waals surface area contributed by atoms with Crippen LogP contribution in [-0.2, 0) is 20.9 Å². The molecule has 0 aromatic heterocycles. The summed E-state index contributed by atoms with van der Waals surface area (Å²) in [5.41, 5.74) is 1.19. The maximum Gasteiger partial charge on any atom is 0.328 e. The number of halogens is 2. The Labute approximate surface area is 176 Å². The second kappa shape index (κ2) is 10.2. The first-order valence-electron chi connectivity index (χ1n) is 8.49. The molecular formula is C20H20BrClN2O4. The van der Waals surface area contributed by atoms with Crippen molar-refractivity contribution < 1.29 is 19.1 Å². The lowest BCUT2D eigenvalue weighted by molar-refractivity contribution is -0.153. The summed E-state index contributed by atoms with van der Waals surface area (Å²) in [5.74, 6) is -1.55. The number of benzene rings is 2. The maximum atomic E-state index is 12.2. The van der Waals surface area contributed by atoms with Gasteiger partial charge in [0.1, 0.15) is 6.04 Å². The van der Waals surface area contributed by atoms with Crippen LogP contribution in [0.3, 0.4) is 0 Å². The predicted octanol–water partition coefficient (Wildman–Crippen LogP) is 3.42. The molecule has 1 unspecified atom stereocenters. The van der Waals surface area contributed by atoms with Crippen molar-refractivity contribution in [3.05, 3.63) is 69.2 Å². The van der Waals surface area contributed by atoms with Crippen molar-refractivity contribution in [2.45, 2.75) is 19.5 Å². The molecule has 0 radical (unpaired) electrons. The molecular weight excluding hydrogens is 448 g/mol. The Hall–Kier alpha value is -2.38. The molecule has 28 heavy (non-hydrogen) atoms. The zero-order chi connectivity index (χ0) is 20.7. The van der Waals surface area contributed by atoms with Crippen molar-refractivity contribution in [3.63, 3.8) is 0 Å².